The van der Waals surface area contributed by atoms with E-state index >= 15 is 0 Å². The summed E-state index contributed by atoms with van der Waals surface area (Å²) in [7, 11) is -3.09. The second-order valence-electron chi connectivity index (χ2n) is 7.41. The van der Waals surface area contributed by atoms with Crippen molar-refractivity contribution in [2.45, 2.75) is 25.9 Å². The molecule has 2 aliphatic rings. The number of benzene rings is 2. The molecule has 0 unspecified atom stereocenters. The summed E-state index contributed by atoms with van der Waals surface area (Å²) >= 11 is 1.35. The van der Waals surface area contributed by atoms with Gasteiger partial charge >= 0.3 is 0 Å². The molecule has 6 nitrogen and oxygen atoms in total. The number of amidine groups is 1. The molecule has 4 rings (SSSR count). The summed E-state index contributed by atoms with van der Waals surface area (Å²) in [6.45, 7) is 4.00. The van der Waals surface area contributed by atoms with Gasteiger partial charge in [-0.1, -0.05) is 42.1 Å². The number of rotatable bonds is 4. The second-order valence-corrected chi connectivity index (χ2v) is 10.5. The Morgan fingerprint density at radius 2 is 1.90 bits per heavy atom. The van der Waals surface area contributed by atoms with Gasteiger partial charge in [0, 0.05) is 11.4 Å². The smallest absolute Gasteiger partial charge is 0.234 e. The van der Waals surface area contributed by atoms with Crippen molar-refractivity contribution in [3.05, 3.63) is 59.7 Å². The van der Waals surface area contributed by atoms with Gasteiger partial charge in [-0.3, -0.25) is 9.79 Å². The standard InChI is InChI=1S/C21H23N3O3S2/c1-14-7-6-10-17(15(14)2)22-20(25)11-28-21-23-18-12-29(26,27)13-19(18)24(21)16-8-4-3-5-9-16/h3-10,18-19H,11-13H2,1-2H3,(H,22,25)/t18-,19-/m0/s1. The molecule has 0 spiro atoms. The van der Waals surface area contributed by atoms with Crippen LogP contribution in [0.1, 0.15) is 11.1 Å². The lowest BCUT2D eigenvalue weighted by atomic mass is 10.1. The van der Waals surface area contributed by atoms with Gasteiger partial charge in [-0.2, -0.15) is 0 Å². The van der Waals surface area contributed by atoms with Crippen LogP contribution in [0.3, 0.4) is 0 Å². The summed E-state index contributed by atoms with van der Waals surface area (Å²) in [4.78, 5) is 19.2. The molecular weight excluding hydrogens is 406 g/mol. The van der Waals surface area contributed by atoms with Crippen LogP contribution in [0, 0.1) is 13.8 Å². The van der Waals surface area contributed by atoms with Crippen LogP contribution >= 0.6 is 11.8 Å². The molecule has 2 aromatic rings. The number of thioether (sulfide) groups is 1. The molecular formula is C21H23N3O3S2. The highest BCUT2D eigenvalue weighted by atomic mass is 32.2. The molecule has 2 aromatic carbocycles. The van der Waals surface area contributed by atoms with Gasteiger partial charge in [0.1, 0.15) is 0 Å². The summed E-state index contributed by atoms with van der Waals surface area (Å²) < 4.78 is 24.2. The number of anilines is 2. The second kappa shape index (κ2) is 7.84. The average molecular weight is 430 g/mol. The maximum absolute atomic E-state index is 12.5. The van der Waals surface area contributed by atoms with Crippen LogP contribution in [0.25, 0.3) is 0 Å². The summed E-state index contributed by atoms with van der Waals surface area (Å²) in [5, 5.41) is 3.67. The van der Waals surface area contributed by atoms with E-state index in [0.29, 0.717) is 5.17 Å². The molecule has 2 heterocycles. The van der Waals surface area contributed by atoms with Gasteiger partial charge in [0.2, 0.25) is 5.91 Å². The third kappa shape index (κ3) is 4.18. The van der Waals surface area contributed by atoms with Crippen LogP contribution in [-0.4, -0.2) is 48.8 Å². The number of nitrogens with zero attached hydrogens (tertiary/aromatic N) is 2. The number of hydrogen-bond acceptors (Lipinski definition) is 6. The molecule has 152 valence electrons. The topological polar surface area (TPSA) is 78.8 Å². The van der Waals surface area contributed by atoms with Gasteiger partial charge in [-0.05, 0) is 43.2 Å². The number of carbonyl (C=O) groups is 1. The Balaban J connectivity index is 1.49. The predicted octanol–water partition coefficient (Wildman–Crippen LogP) is 3.02. The Bertz CT molecular complexity index is 1070. The summed E-state index contributed by atoms with van der Waals surface area (Å²) in [5.74, 6) is 0.264. The summed E-state index contributed by atoms with van der Waals surface area (Å²) in [5.41, 5.74) is 3.89. The van der Waals surface area contributed by atoms with E-state index in [1.165, 1.54) is 11.8 Å². The zero-order chi connectivity index (χ0) is 20.6. The maximum atomic E-state index is 12.5. The number of amides is 1. The van der Waals surface area contributed by atoms with Crippen molar-refractivity contribution in [1.82, 2.24) is 0 Å². The molecule has 8 heteroatoms. The number of carbonyl (C=O) groups excluding carboxylic acids is 1. The van der Waals surface area contributed by atoms with E-state index < -0.39 is 9.84 Å². The van der Waals surface area contributed by atoms with Crippen LogP contribution in [-0.2, 0) is 14.6 Å². The fraction of sp³-hybridized carbons (Fsp3) is 0.333. The Labute approximate surface area is 175 Å². The Kier molecular flexibility index (Phi) is 5.40. The molecule has 1 saturated heterocycles. The molecule has 0 radical (unpaired) electrons. The average Bonchev–Trinajstić information content (AvgIpc) is 3.15. The van der Waals surface area contributed by atoms with Gasteiger partial charge in [0.25, 0.3) is 0 Å². The first-order valence-electron chi connectivity index (χ1n) is 9.45. The van der Waals surface area contributed by atoms with Gasteiger partial charge < -0.3 is 10.2 Å². The Morgan fingerprint density at radius 3 is 2.66 bits per heavy atom. The highest BCUT2D eigenvalue weighted by Crippen LogP contribution is 2.35. The van der Waals surface area contributed by atoms with Crippen molar-refractivity contribution in [2.24, 2.45) is 4.99 Å². The zero-order valence-electron chi connectivity index (χ0n) is 16.3. The lowest BCUT2D eigenvalue weighted by Gasteiger charge is -2.26. The fourth-order valence-electron chi connectivity index (χ4n) is 3.73. The predicted molar refractivity (Wildman–Crippen MR) is 120 cm³/mol. The van der Waals surface area contributed by atoms with Crippen LogP contribution in [0.15, 0.2) is 53.5 Å². The van der Waals surface area contributed by atoms with Crippen molar-refractivity contribution in [3.63, 3.8) is 0 Å². The van der Waals surface area contributed by atoms with Crippen LogP contribution in [0.5, 0.6) is 0 Å². The number of fused-ring (bicyclic) bond motifs is 1. The van der Waals surface area contributed by atoms with E-state index in [4.69, 9.17) is 0 Å². The van der Waals surface area contributed by atoms with E-state index in [2.05, 4.69) is 10.3 Å². The summed E-state index contributed by atoms with van der Waals surface area (Å²) in [6, 6.07) is 15.0. The van der Waals surface area contributed by atoms with Crippen molar-refractivity contribution < 1.29 is 13.2 Å². The molecule has 0 aromatic heterocycles. The number of para-hydroxylation sites is 1. The zero-order valence-corrected chi connectivity index (χ0v) is 18.0. The molecule has 1 N–H and O–H groups in total. The van der Waals surface area contributed by atoms with Crippen molar-refractivity contribution in [2.75, 3.05) is 27.5 Å². The first-order valence-corrected chi connectivity index (χ1v) is 12.3. The molecule has 2 atom stereocenters. The first-order chi connectivity index (χ1) is 13.8. The third-order valence-corrected chi connectivity index (χ3v) is 8.02. The molecule has 1 amide bonds. The largest absolute Gasteiger partial charge is 0.325 e. The first kappa shape index (κ1) is 20.0. The summed E-state index contributed by atoms with van der Waals surface area (Å²) in [6.07, 6.45) is 0. The van der Waals surface area contributed by atoms with Crippen molar-refractivity contribution in [1.29, 1.82) is 0 Å². The van der Waals surface area contributed by atoms with Crippen LogP contribution in [0.4, 0.5) is 11.4 Å². The maximum Gasteiger partial charge on any atom is 0.234 e. The quantitative estimate of drug-likeness (QED) is 0.808. The molecule has 0 aliphatic carbocycles. The van der Waals surface area contributed by atoms with E-state index in [1.54, 1.807) is 0 Å². The van der Waals surface area contributed by atoms with Crippen molar-refractivity contribution >= 4 is 44.0 Å². The van der Waals surface area contributed by atoms with Gasteiger partial charge in [0.15, 0.2) is 15.0 Å². The number of aryl methyl sites for hydroxylation is 1. The van der Waals surface area contributed by atoms with E-state index in [-0.39, 0.29) is 35.2 Å². The molecule has 2 aliphatic heterocycles. The van der Waals surface area contributed by atoms with E-state index in [0.717, 1.165) is 22.5 Å². The Hall–Kier alpha value is -2.32. The minimum Gasteiger partial charge on any atom is -0.325 e. The molecule has 0 bridgehead atoms. The van der Waals surface area contributed by atoms with Gasteiger partial charge in [0.05, 0.1) is 29.3 Å². The van der Waals surface area contributed by atoms with E-state index in [9.17, 15) is 13.2 Å². The van der Waals surface area contributed by atoms with Crippen LogP contribution in [0.2, 0.25) is 0 Å². The molecule has 1 fully saturated rings. The number of sulfone groups is 1. The normalized spacial score (nSPS) is 22.3. The lowest BCUT2D eigenvalue weighted by molar-refractivity contribution is -0.113. The lowest BCUT2D eigenvalue weighted by Crippen LogP contribution is -2.39. The molecule has 0 saturated carbocycles. The minimum absolute atomic E-state index is 0.0692. The highest BCUT2D eigenvalue weighted by Gasteiger charge is 2.47. The highest BCUT2D eigenvalue weighted by molar-refractivity contribution is 8.14. The van der Waals surface area contributed by atoms with Gasteiger partial charge in [-0.25, -0.2) is 8.42 Å². The number of nitrogens with one attached hydrogen (secondary N) is 1. The van der Waals surface area contributed by atoms with Gasteiger partial charge in [-0.15, -0.1) is 0 Å². The number of aliphatic imine (C=N–C) groups is 1. The SMILES string of the molecule is Cc1cccc(NC(=O)CSC2=N[C@H]3CS(=O)(=O)C[C@@H]3N2c2ccccc2)c1C. The third-order valence-electron chi connectivity index (χ3n) is 5.35. The molecule has 29 heavy (non-hydrogen) atoms. The van der Waals surface area contributed by atoms with Crippen LogP contribution < -0.4 is 10.2 Å². The Morgan fingerprint density at radius 1 is 1.14 bits per heavy atom. The fourth-order valence-corrected chi connectivity index (χ4v) is 6.49. The van der Waals surface area contributed by atoms with E-state index in [1.807, 2.05) is 67.3 Å². The van der Waals surface area contributed by atoms with Crippen molar-refractivity contribution in [3.8, 4) is 0 Å². The minimum atomic E-state index is -3.09. The number of hydrogen-bond donors (Lipinski definition) is 1. The monoisotopic (exact) mass is 429 g/mol.